The Kier molecular flexibility index (Phi) is 4.91. The molecule has 0 amide bonds. The second kappa shape index (κ2) is 5.98. The van der Waals surface area contributed by atoms with Gasteiger partial charge in [0, 0.05) is 12.4 Å². The highest BCUT2D eigenvalue weighted by molar-refractivity contribution is 7.80. The van der Waals surface area contributed by atoms with E-state index in [9.17, 15) is 4.39 Å². The second-order valence-corrected chi connectivity index (χ2v) is 3.72. The predicted molar refractivity (Wildman–Crippen MR) is 63.1 cm³/mol. The summed E-state index contributed by atoms with van der Waals surface area (Å²) in [5.74, 6) is 0.698. The van der Waals surface area contributed by atoms with Crippen LogP contribution in [0.1, 0.15) is 5.56 Å². The third-order valence-electron chi connectivity index (χ3n) is 2.24. The minimum Gasteiger partial charge on any atom is -0.494 e. The van der Waals surface area contributed by atoms with Gasteiger partial charge < -0.3 is 4.74 Å². The number of nitrogens with zero attached hydrogens (tertiary/aromatic N) is 1. The molecule has 0 saturated heterocycles. The fourth-order valence-corrected chi connectivity index (χ4v) is 1.40. The minimum absolute atomic E-state index is 0.293. The Morgan fingerprint density at radius 2 is 2.20 bits per heavy atom. The molecule has 0 fully saturated rings. The predicted octanol–water partition coefficient (Wildman–Crippen LogP) is 2.20. The molecule has 2 nitrogen and oxygen atoms in total. The topological polar surface area (TPSA) is 12.5 Å². The lowest BCUT2D eigenvalue weighted by atomic mass is 10.1. The van der Waals surface area contributed by atoms with Crippen LogP contribution in [0.15, 0.2) is 18.2 Å². The van der Waals surface area contributed by atoms with E-state index < -0.39 is 0 Å². The Labute approximate surface area is 95.5 Å². The fourth-order valence-electron chi connectivity index (χ4n) is 1.26. The Bertz CT molecular complexity index is 319. The van der Waals surface area contributed by atoms with E-state index in [0.717, 1.165) is 18.5 Å². The minimum atomic E-state index is -0.302. The average molecular weight is 229 g/mol. The van der Waals surface area contributed by atoms with Crippen molar-refractivity contribution in [2.75, 3.05) is 26.6 Å². The Morgan fingerprint density at radius 3 is 2.73 bits per heavy atom. The lowest BCUT2D eigenvalue weighted by molar-refractivity contribution is 0.384. The van der Waals surface area contributed by atoms with Gasteiger partial charge in [-0.15, -0.1) is 0 Å². The normalized spacial score (nSPS) is 10.7. The van der Waals surface area contributed by atoms with Gasteiger partial charge in [0.2, 0.25) is 0 Å². The summed E-state index contributed by atoms with van der Waals surface area (Å²) in [4.78, 5) is 2.06. The van der Waals surface area contributed by atoms with E-state index in [-0.39, 0.29) is 5.82 Å². The summed E-state index contributed by atoms with van der Waals surface area (Å²) in [6.07, 6.45) is 0.817. The van der Waals surface area contributed by atoms with Crippen molar-refractivity contribution in [3.05, 3.63) is 29.6 Å². The van der Waals surface area contributed by atoms with Crippen LogP contribution in [0.25, 0.3) is 0 Å². The molecule has 0 spiro atoms. The molecule has 0 radical (unpaired) electrons. The second-order valence-electron chi connectivity index (χ2n) is 3.44. The Balaban J connectivity index is 2.59. The first-order chi connectivity index (χ1) is 7.17. The maximum Gasteiger partial charge on any atom is 0.165 e. The summed E-state index contributed by atoms with van der Waals surface area (Å²) in [6.45, 7) is 0.870. The van der Waals surface area contributed by atoms with Crippen LogP contribution >= 0.6 is 12.6 Å². The zero-order chi connectivity index (χ0) is 11.3. The monoisotopic (exact) mass is 229 g/mol. The number of rotatable bonds is 5. The molecular formula is C11H16FNOS. The summed E-state index contributed by atoms with van der Waals surface area (Å²) >= 11 is 4.15. The number of likely N-dealkylation sites (N-methyl/N-ethyl adjacent to an activating group) is 1. The lowest BCUT2D eigenvalue weighted by Gasteiger charge is -2.13. The first kappa shape index (κ1) is 12.3. The molecule has 1 aromatic rings. The van der Waals surface area contributed by atoms with Crippen molar-refractivity contribution < 1.29 is 9.13 Å². The van der Waals surface area contributed by atoms with Gasteiger partial charge >= 0.3 is 0 Å². The van der Waals surface area contributed by atoms with Gasteiger partial charge in [0.15, 0.2) is 11.6 Å². The van der Waals surface area contributed by atoms with E-state index in [1.54, 1.807) is 6.07 Å². The van der Waals surface area contributed by atoms with Gasteiger partial charge in [0.1, 0.15) is 0 Å². The zero-order valence-electron chi connectivity index (χ0n) is 9.03. The van der Waals surface area contributed by atoms with Gasteiger partial charge in [-0.25, -0.2) is 4.39 Å². The molecule has 0 N–H and O–H groups in total. The van der Waals surface area contributed by atoms with Crippen molar-refractivity contribution in [1.29, 1.82) is 0 Å². The van der Waals surface area contributed by atoms with Crippen LogP contribution in [0.4, 0.5) is 4.39 Å². The summed E-state index contributed by atoms with van der Waals surface area (Å²) in [5.41, 5.74) is 0.974. The first-order valence-electron chi connectivity index (χ1n) is 4.79. The van der Waals surface area contributed by atoms with E-state index in [1.807, 2.05) is 13.1 Å². The molecule has 1 aromatic carbocycles. The summed E-state index contributed by atoms with van der Waals surface area (Å²) in [5, 5.41) is 0. The highest BCUT2D eigenvalue weighted by atomic mass is 32.1. The first-order valence-corrected chi connectivity index (χ1v) is 5.42. The molecule has 0 heterocycles. The molecule has 0 saturated carbocycles. The fraction of sp³-hybridized carbons (Fsp3) is 0.455. The SMILES string of the molecule is COc1ccc(CCN(C)CS)cc1F. The van der Waals surface area contributed by atoms with Gasteiger partial charge in [0.05, 0.1) is 7.11 Å². The largest absolute Gasteiger partial charge is 0.494 e. The number of halogens is 1. The highest BCUT2D eigenvalue weighted by Crippen LogP contribution is 2.17. The third kappa shape index (κ3) is 3.72. The van der Waals surface area contributed by atoms with Crippen LogP contribution in [0.5, 0.6) is 5.75 Å². The highest BCUT2D eigenvalue weighted by Gasteiger charge is 2.04. The standard InChI is InChI=1S/C11H16FNOS/c1-13(8-15)6-5-9-3-4-11(14-2)10(12)7-9/h3-4,7,15H,5-6,8H2,1-2H3. The molecule has 0 aliphatic heterocycles. The van der Waals surface area contributed by atoms with Crippen molar-refractivity contribution in [2.24, 2.45) is 0 Å². The van der Waals surface area contributed by atoms with E-state index in [2.05, 4.69) is 17.5 Å². The summed E-state index contributed by atoms with van der Waals surface area (Å²) in [6, 6.07) is 5.06. The van der Waals surface area contributed by atoms with E-state index in [4.69, 9.17) is 4.74 Å². The van der Waals surface area contributed by atoms with E-state index in [1.165, 1.54) is 13.2 Å². The number of hydrogen-bond acceptors (Lipinski definition) is 3. The third-order valence-corrected chi connectivity index (χ3v) is 2.72. The van der Waals surface area contributed by atoms with Crippen molar-refractivity contribution >= 4 is 12.6 Å². The van der Waals surface area contributed by atoms with Crippen LogP contribution in [0, 0.1) is 5.82 Å². The molecule has 0 bridgehead atoms. The van der Waals surface area contributed by atoms with Crippen LogP contribution < -0.4 is 4.74 Å². The molecule has 0 atom stereocenters. The van der Waals surface area contributed by atoms with Gasteiger partial charge in [-0.1, -0.05) is 6.07 Å². The van der Waals surface area contributed by atoms with E-state index >= 15 is 0 Å². The molecule has 0 aliphatic rings. The maximum atomic E-state index is 13.3. The van der Waals surface area contributed by atoms with Gasteiger partial charge in [0.25, 0.3) is 0 Å². The van der Waals surface area contributed by atoms with Crippen LogP contribution in [0.3, 0.4) is 0 Å². The summed E-state index contributed by atoms with van der Waals surface area (Å²) in [7, 11) is 3.44. The molecule has 1 rings (SSSR count). The molecule has 15 heavy (non-hydrogen) atoms. The summed E-state index contributed by atoms with van der Waals surface area (Å²) < 4.78 is 18.2. The van der Waals surface area contributed by atoms with Crippen molar-refractivity contribution in [3.8, 4) is 5.75 Å². The smallest absolute Gasteiger partial charge is 0.165 e. The van der Waals surface area contributed by atoms with Gasteiger partial charge in [-0.3, -0.25) is 4.90 Å². The number of methoxy groups -OCH3 is 1. The lowest BCUT2D eigenvalue weighted by Crippen LogP contribution is -2.19. The Morgan fingerprint density at radius 1 is 1.47 bits per heavy atom. The number of hydrogen-bond donors (Lipinski definition) is 1. The number of benzene rings is 1. The van der Waals surface area contributed by atoms with Gasteiger partial charge in [-0.05, 0) is 31.2 Å². The number of ether oxygens (including phenoxy) is 1. The molecular weight excluding hydrogens is 213 g/mol. The maximum absolute atomic E-state index is 13.3. The quantitative estimate of drug-likeness (QED) is 0.614. The van der Waals surface area contributed by atoms with Crippen molar-refractivity contribution in [1.82, 2.24) is 4.90 Å². The zero-order valence-corrected chi connectivity index (χ0v) is 9.93. The molecule has 0 aromatic heterocycles. The molecule has 84 valence electrons. The molecule has 0 unspecified atom stereocenters. The van der Waals surface area contributed by atoms with Crippen LogP contribution in [0.2, 0.25) is 0 Å². The molecule has 4 heteroatoms. The Hall–Kier alpha value is -0.740. The van der Waals surface area contributed by atoms with Crippen LogP contribution in [-0.2, 0) is 6.42 Å². The van der Waals surface area contributed by atoms with Crippen molar-refractivity contribution in [3.63, 3.8) is 0 Å². The van der Waals surface area contributed by atoms with Crippen LogP contribution in [-0.4, -0.2) is 31.5 Å². The van der Waals surface area contributed by atoms with Crippen molar-refractivity contribution in [2.45, 2.75) is 6.42 Å². The number of thiol groups is 1. The average Bonchev–Trinajstić information content (AvgIpc) is 2.26. The van der Waals surface area contributed by atoms with Gasteiger partial charge in [-0.2, -0.15) is 12.6 Å². The molecule has 0 aliphatic carbocycles. The van der Waals surface area contributed by atoms with E-state index in [0.29, 0.717) is 11.6 Å².